The fraction of sp³-hybridized carbons (Fsp3) is 0.500. The molecule has 3 rings (SSSR count). The van der Waals surface area contributed by atoms with Gasteiger partial charge >= 0.3 is 6.03 Å². The number of sulfonamides is 1. The molecule has 0 saturated carbocycles. The van der Waals surface area contributed by atoms with Crippen LogP contribution in [-0.2, 0) is 14.8 Å². The molecule has 3 atom stereocenters. The smallest absolute Gasteiger partial charge is 0.336 e. The number of carbonyl (C=O) groups is 2. The maximum absolute atomic E-state index is 14.1. The quantitative estimate of drug-likeness (QED) is 0.567. The molecule has 28 heavy (non-hydrogen) atoms. The molecule has 12 heteroatoms. The first kappa shape index (κ1) is 20.4. The van der Waals surface area contributed by atoms with Gasteiger partial charge < -0.3 is 10.6 Å². The Labute approximate surface area is 160 Å². The van der Waals surface area contributed by atoms with Gasteiger partial charge in [-0.05, 0) is 31.4 Å². The minimum atomic E-state index is -4.73. The third-order valence-electron chi connectivity index (χ3n) is 4.89. The average Bonchev–Trinajstić information content (AvgIpc) is 2.61. The van der Waals surface area contributed by atoms with E-state index in [4.69, 9.17) is 0 Å². The second kappa shape index (κ2) is 7.60. The van der Waals surface area contributed by atoms with Gasteiger partial charge in [-0.3, -0.25) is 15.6 Å². The molecule has 0 radical (unpaired) electrons. The van der Waals surface area contributed by atoms with Gasteiger partial charge in [0.15, 0.2) is 11.6 Å². The van der Waals surface area contributed by atoms with Crippen LogP contribution in [0.2, 0.25) is 0 Å². The Morgan fingerprint density at radius 3 is 2.79 bits per heavy atom. The summed E-state index contributed by atoms with van der Waals surface area (Å²) in [5.74, 6) is -3.47. The molecule has 1 fully saturated rings. The molecule has 4 N–H and O–H groups in total. The zero-order valence-electron chi connectivity index (χ0n) is 15.3. The SMILES string of the molecule is CC1CCNNC1[C@H](C)NC(=O)CN1C(=O)Nc2ccc(F)c(F)c2S1(=O)=O. The van der Waals surface area contributed by atoms with Crippen LogP contribution in [0.5, 0.6) is 0 Å². The van der Waals surface area contributed by atoms with E-state index in [1.807, 2.05) is 6.92 Å². The summed E-state index contributed by atoms with van der Waals surface area (Å²) >= 11 is 0. The van der Waals surface area contributed by atoms with E-state index in [1.165, 1.54) is 0 Å². The lowest BCUT2D eigenvalue weighted by Crippen LogP contribution is -2.60. The Kier molecular flexibility index (Phi) is 5.55. The number of nitrogens with zero attached hydrogens (tertiary/aromatic N) is 1. The third kappa shape index (κ3) is 3.66. The monoisotopic (exact) mass is 417 g/mol. The Hall–Kier alpha value is -2.31. The van der Waals surface area contributed by atoms with Crippen LogP contribution in [0.3, 0.4) is 0 Å². The van der Waals surface area contributed by atoms with Crippen LogP contribution < -0.4 is 21.5 Å². The molecule has 154 valence electrons. The van der Waals surface area contributed by atoms with Crippen LogP contribution in [0.4, 0.5) is 19.3 Å². The van der Waals surface area contributed by atoms with Gasteiger partial charge in [-0.2, -0.15) is 0 Å². The van der Waals surface area contributed by atoms with Crippen molar-refractivity contribution in [3.63, 3.8) is 0 Å². The number of hydrazine groups is 1. The number of benzene rings is 1. The van der Waals surface area contributed by atoms with Crippen molar-refractivity contribution < 1.29 is 26.8 Å². The lowest BCUT2D eigenvalue weighted by atomic mass is 9.92. The van der Waals surface area contributed by atoms with Crippen molar-refractivity contribution in [2.24, 2.45) is 5.92 Å². The van der Waals surface area contributed by atoms with E-state index in [1.54, 1.807) is 6.92 Å². The first-order valence-electron chi connectivity index (χ1n) is 8.72. The molecule has 2 unspecified atom stereocenters. The van der Waals surface area contributed by atoms with Crippen LogP contribution in [0.15, 0.2) is 17.0 Å². The van der Waals surface area contributed by atoms with Crippen LogP contribution in [0.25, 0.3) is 0 Å². The molecule has 0 spiro atoms. The maximum atomic E-state index is 14.1. The van der Waals surface area contributed by atoms with E-state index in [-0.39, 0.29) is 28.0 Å². The molecule has 2 aliphatic rings. The van der Waals surface area contributed by atoms with E-state index >= 15 is 0 Å². The molecule has 2 heterocycles. The molecule has 9 nitrogen and oxygen atoms in total. The number of urea groups is 1. The van der Waals surface area contributed by atoms with E-state index in [2.05, 4.69) is 21.5 Å². The van der Waals surface area contributed by atoms with Crippen molar-refractivity contribution in [2.75, 3.05) is 18.4 Å². The summed E-state index contributed by atoms with van der Waals surface area (Å²) in [5.41, 5.74) is 5.68. The molecular formula is C16H21F2N5O4S. The summed E-state index contributed by atoms with van der Waals surface area (Å²) in [6.07, 6.45) is 0.891. The maximum Gasteiger partial charge on any atom is 0.336 e. The highest BCUT2D eigenvalue weighted by atomic mass is 32.2. The summed E-state index contributed by atoms with van der Waals surface area (Å²) in [7, 11) is -4.73. The fourth-order valence-corrected chi connectivity index (χ4v) is 4.88. The number of fused-ring (bicyclic) bond motifs is 1. The third-order valence-corrected chi connectivity index (χ3v) is 6.68. The van der Waals surface area contributed by atoms with E-state index in [0.29, 0.717) is 6.07 Å². The Morgan fingerprint density at radius 1 is 1.39 bits per heavy atom. The molecule has 1 aromatic rings. The van der Waals surface area contributed by atoms with Crippen molar-refractivity contribution >= 4 is 27.6 Å². The first-order chi connectivity index (χ1) is 13.1. The van der Waals surface area contributed by atoms with Crippen molar-refractivity contribution in [2.45, 2.75) is 37.2 Å². The Bertz CT molecular complexity index is 911. The van der Waals surface area contributed by atoms with Crippen LogP contribution >= 0.6 is 0 Å². The zero-order valence-corrected chi connectivity index (χ0v) is 16.1. The van der Waals surface area contributed by atoms with Gasteiger partial charge in [-0.25, -0.2) is 26.3 Å². The highest BCUT2D eigenvalue weighted by Crippen LogP contribution is 2.33. The van der Waals surface area contributed by atoms with Gasteiger partial charge in [-0.15, -0.1) is 0 Å². The topological polar surface area (TPSA) is 120 Å². The highest BCUT2D eigenvalue weighted by molar-refractivity contribution is 7.90. The normalized spacial score (nSPS) is 24.9. The molecule has 1 saturated heterocycles. The lowest BCUT2D eigenvalue weighted by Gasteiger charge is -2.35. The summed E-state index contributed by atoms with van der Waals surface area (Å²) in [6.45, 7) is 3.68. The number of rotatable bonds is 4. The van der Waals surface area contributed by atoms with E-state index < -0.39 is 45.0 Å². The van der Waals surface area contributed by atoms with Gasteiger partial charge in [0, 0.05) is 18.6 Å². The number of hydrogen-bond acceptors (Lipinski definition) is 6. The molecule has 0 aliphatic carbocycles. The van der Waals surface area contributed by atoms with Gasteiger partial charge in [0.2, 0.25) is 5.91 Å². The summed E-state index contributed by atoms with van der Waals surface area (Å²) in [4.78, 5) is 23.5. The second-order valence-corrected chi connectivity index (χ2v) is 8.70. The number of amides is 3. The molecule has 3 amide bonds. The van der Waals surface area contributed by atoms with Gasteiger partial charge in [-0.1, -0.05) is 6.92 Å². The standard InChI is InChI=1S/C16H21F2N5O4S/c1-8-5-6-19-22-14(8)9(2)20-12(24)7-23-16(25)21-11-4-3-10(17)13(18)15(11)28(23,26)27/h3-4,8-9,14,19,22H,5-7H2,1-2H3,(H,20,24)(H,21,25)/t8?,9-,14?/m0/s1. The first-order valence-corrected chi connectivity index (χ1v) is 10.2. The van der Waals surface area contributed by atoms with E-state index in [9.17, 15) is 26.8 Å². The van der Waals surface area contributed by atoms with Crippen molar-refractivity contribution in [3.8, 4) is 0 Å². The van der Waals surface area contributed by atoms with Crippen LogP contribution in [0.1, 0.15) is 20.3 Å². The number of nitrogens with one attached hydrogen (secondary N) is 4. The summed E-state index contributed by atoms with van der Waals surface area (Å²) in [5, 5.41) is 4.80. The van der Waals surface area contributed by atoms with Crippen LogP contribution in [0, 0.1) is 17.6 Å². The largest absolute Gasteiger partial charge is 0.350 e. The summed E-state index contributed by atoms with van der Waals surface area (Å²) < 4.78 is 53.0. The van der Waals surface area contributed by atoms with Crippen molar-refractivity contribution in [1.29, 1.82) is 0 Å². The minimum absolute atomic E-state index is 0.100. The number of carbonyl (C=O) groups excluding carboxylic acids is 2. The summed E-state index contributed by atoms with van der Waals surface area (Å²) in [6, 6.07) is 0.0721. The number of halogens is 2. The average molecular weight is 417 g/mol. The minimum Gasteiger partial charge on any atom is -0.350 e. The number of anilines is 1. The predicted molar refractivity (Wildman–Crippen MR) is 95.6 cm³/mol. The van der Waals surface area contributed by atoms with Crippen molar-refractivity contribution in [3.05, 3.63) is 23.8 Å². The van der Waals surface area contributed by atoms with Gasteiger partial charge in [0.25, 0.3) is 10.0 Å². The Balaban J connectivity index is 1.77. The molecule has 1 aromatic carbocycles. The second-order valence-electron chi connectivity index (χ2n) is 6.90. The zero-order chi connectivity index (χ0) is 20.6. The fourth-order valence-electron chi connectivity index (χ4n) is 3.39. The lowest BCUT2D eigenvalue weighted by molar-refractivity contribution is -0.121. The van der Waals surface area contributed by atoms with Crippen LogP contribution in [-0.4, -0.2) is 49.8 Å². The van der Waals surface area contributed by atoms with Crippen molar-refractivity contribution in [1.82, 2.24) is 20.5 Å². The van der Waals surface area contributed by atoms with Gasteiger partial charge in [0.05, 0.1) is 5.69 Å². The number of hydrogen-bond donors (Lipinski definition) is 4. The van der Waals surface area contributed by atoms with E-state index in [0.717, 1.165) is 19.0 Å². The molecule has 2 aliphatic heterocycles. The van der Waals surface area contributed by atoms with Gasteiger partial charge in [0.1, 0.15) is 11.4 Å². The highest BCUT2D eigenvalue weighted by Gasteiger charge is 2.41. The Morgan fingerprint density at radius 2 is 2.11 bits per heavy atom. The molecule has 0 aromatic heterocycles. The molecule has 0 bridgehead atoms. The molecular weight excluding hydrogens is 396 g/mol. The predicted octanol–water partition coefficient (Wildman–Crippen LogP) is 0.508.